The SMILES string of the molecule is C[C@H]1[C@H](C)CC[C@]2(C(=O)O[C@@H]3O[C@H](CO[C@@H]4C[C@H](CO)[C@@H](O[C@@H]5O[C@@H](C)[C@H](O)[C@@H](O)[C@H]5O)[C@H](O)[C@H]4O)[C@@H](O)[C@H](O)[C@H]3O)CC[C@]3(C)C(=CC[C@@H]4[C@@]5(C)C[C@@H](O)[C@H](O)[C@@](C)(CO)[C@H]5CC[C@]43C)[C@H]12. The number of carbonyl (C=O) groups excluding carboxylic acids is 1. The van der Waals surface area contributed by atoms with Crippen molar-refractivity contribution in [2.75, 3.05) is 19.8 Å². The fourth-order valence-electron chi connectivity index (χ4n) is 15.7. The molecular weight excluding hydrogens is 877 g/mol. The molecule has 0 unspecified atom stereocenters. The lowest BCUT2D eigenvalue weighted by Crippen LogP contribution is -2.68. The van der Waals surface area contributed by atoms with E-state index in [0.717, 1.165) is 19.3 Å². The monoisotopic (exact) mass is 957 g/mol. The lowest BCUT2D eigenvalue weighted by molar-refractivity contribution is -0.327. The quantitative estimate of drug-likeness (QED) is 0.104. The van der Waals surface area contributed by atoms with E-state index < -0.39 is 134 Å². The Morgan fingerprint density at radius 3 is 2.09 bits per heavy atom. The van der Waals surface area contributed by atoms with Crippen LogP contribution in [-0.2, 0) is 28.5 Å². The zero-order valence-corrected chi connectivity index (χ0v) is 40.1. The first-order valence-corrected chi connectivity index (χ1v) is 24.9. The molecule has 18 nitrogen and oxygen atoms in total. The first kappa shape index (κ1) is 51.9. The molecule has 8 aliphatic rings. The maximum Gasteiger partial charge on any atom is 0.315 e. The fourth-order valence-corrected chi connectivity index (χ4v) is 15.7. The van der Waals surface area contributed by atoms with Gasteiger partial charge in [0.1, 0.15) is 54.9 Å². The van der Waals surface area contributed by atoms with Crippen molar-refractivity contribution >= 4 is 5.97 Å². The van der Waals surface area contributed by atoms with Crippen LogP contribution in [0.3, 0.4) is 0 Å². The summed E-state index contributed by atoms with van der Waals surface area (Å²) in [5, 5.41) is 130. The Morgan fingerprint density at radius 2 is 1.42 bits per heavy atom. The highest BCUT2D eigenvalue weighted by molar-refractivity contribution is 5.79. The van der Waals surface area contributed by atoms with Crippen molar-refractivity contribution in [2.24, 2.45) is 62.6 Å². The minimum Gasteiger partial charge on any atom is -0.432 e. The number of hydrogen-bond donors (Lipinski definition) is 12. The zero-order valence-electron chi connectivity index (χ0n) is 40.1. The van der Waals surface area contributed by atoms with Gasteiger partial charge in [-0.3, -0.25) is 4.79 Å². The van der Waals surface area contributed by atoms with E-state index in [1.807, 2.05) is 6.92 Å². The Kier molecular flexibility index (Phi) is 14.4. The predicted octanol–water partition coefficient (Wildman–Crippen LogP) is -0.369. The molecule has 0 amide bonds. The summed E-state index contributed by atoms with van der Waals surface area (Å²) in [4.78, 5) is 15.0. The van der Waals surface area contributed by atoms with E-state index in [0.29, 0.717) is 32.1 Å². The molecule has 67 heavy (non-hydrogen) atoms. The Hall–Kier alpha value is -1.43. The number of esters is 1. The second kappa shape index (κ2) is 18.6. The van der Waals surface area contributed by atoms with Crippen LogP contribution >= 0.6 is 0 Å². The summed E-state index contributed by atoms with van der Waals surface area (Å²) < 4.78 is 29.5. The minimum atomic E-state index is -1.82. The third-order valence-corrected chi connectivity index (χ3v) is 20.3. The van der Waals surface area contributed by atoms with Crippen LogP contribution < -0.4 is 0 Å². The standard InChI is InChI=1S/C49H80O18/c1-21-10-13-49(15-14-47(6)25(31(49)22(21)2)8-9-30-45(4)17-26(52)41(61)46(5,20-51)29(45)11-12-48(30,47)7)44(62)67-43-39(60)36(57)34(55)28(65-43)19-63-27-16-24(18-50)40(37(58)33(27)54)66-42-38(59)35(56)32(53)23(3)64-42/h8,21-24,26-43,50-61H,9-20H2,1-7H3/t21-,22+,23+,24-,26-,27-,28-,29+,30-,31+,32+,33+,34-,35-,36+,37-,38-,39-,40-,41+,42+,43+,45+,46+,47-,48-,49+/m1/s1. The molecule has 2 heterocycles. The first-order chi connectivity index (χ1) is 31.4. The van der Waals surface area contributed by atoms with Crippen molar-refractivity contribution in [3.8, 4) is 0 Å². The second-order valence-electron chi connectivity index (χ2n) is 23.4. The molecule has 384 valence electrons. The lowest BCUT2D eigenvalue weighted by Gasteiger charge is -2.71. The van der Waals surface area contributed by atoms with Crippen LogP contribution in [0.4, 0.5) is 0 Å². The Bertz CT molecular complexity index is 1820. The molecule has 5 saturated carbocycles. The number of carbonyl (C=O) groups is 1. The predicted molar refractivity (Wildman–Crippen MR) is 235 cm³/mol. The van der Waals surface area contributed by atoms with Crippen LogP contribution in [0.15, 0.2) is 11.6 Å². The summed E-state index contributed by atoms with van der Waals surface area (Å²) in [6.07, 6.45) is -15.9. The molecule has 7 fully saturated rings. The molecule has 27 atom stereocenters. The summed E-state index contributed by atoms with van der Waals surface area (Å²) in [6, 6.07) is 0. The van der Waals surface area contributed by atoms with Crippen LogP contribution in [0.2, 0.25) is 0 Å². The number of fused-ring (bicyclic) bond motifs is 7. The van der Waals surface area contributed by atoms with Crippen LogP contribution in [-0.4, -0.2) is 185 Å². The summed E-state index contributed by atoms with van der Waals surface area (Å²) in [5.41, 5.74) is -1.57. The maximum atomic E-state index is 15.0. The molecule has 0 aromatic carbocycles. The number of rotatable bonds is 9. The number of ether oxygens (including phenoxy) is 5. The van der Waals surface area contributed by atoms with E-state index in [1.54, 1.807) is 0 Å². The Morgan fingerprint density at radius 1 is 0.746 bits per heavy atom. The molecule has 2 aliphatic heterocycles. The van der Waals surface area contributed by atoms with Crippen LogP contribution in [0.5, 0.6) is 0 Å². The molecule has 2 saturated heterocycles. The van der Waals surface area contributed by atoms with Crippen molar-refractivity contribution < 1.29 is 89.8 Å². The third-order valence-electron chi connectivity index (χ3n) is 20.3. The van der Waals surface area contributed by atoms with Crippen molar-refractivity contribution in [3.63, 3.8) is 0 Å². The van der Waals surface area contributed by atoms with Crippen LogP contribution in [0.25, 0.3) is 0 Å². The van der Waals surface area contributed by atoms with Crippen molar-refractivity contribution in [3.05, 3.63) is 11.6 Å². The van der Waals surface area contributed by atoms with E-state index in [-0.39, 0.29) is 58.9 Å². The molecule has 0 bridgehead atoms. The lowest BCUT2D eigenvalue weighted by atomic mass is 9.33. The molecule has 0 spiro atoms. The normalized spacial score (nSPS) is 56.7. The van der Waals surface area contributed by atoms with Crippen LogP contribution in [0.1, 0.15) is 106 Å². The molecule has 12 N–H and O–H groups in total. The van der Waals surface area contributed by atoms with Gasteiger partial charge in [-0.15, -0.1) is 0 Å². The largest absolute Gasteiger partial charge is 0.432 e. The van der Waals surface area contributed by atoms with Gasteiger partial charge in [-0.05, 0) is 111 Å². The summed E-state index contributed by atoms with van der Waals surface area (Å²) in [5.74, 6) is -1.19. The maximum absolute atomic E-state index is 15.0. The zero-order chi connectivity index (χ0) is 49.1. The summed E-state index contributed by atoms with van der Waals surface area (Å²) in [7, 11) is 0. The molecule has 0 aromatic rings. The van der Waals surface area contributed by atoms with E-state index in [1.165, 1.54) is 12.5 Å². The molecule has 8 rings (SSSR count). The van der Waals surface area contributed by atoms with E-state index >= 15 is 4.79 Å². The molecule has 18 heteroatoms. The third kappa shape index (κ3) is 7.93. The van der Waals surface area contributed by atoms with Crippen LogP contribution in [0, 0.1) is 62.6 Å². The number of allylic oxidation sites excluding steroid dienone is 2. The average Bonchev–Trinajstić information content (AvgIpc) is 3.29. The topological polar surface area (TPSA) is 306 Å². The van der Waals surface area contributed by atoms with Gasteiger partial charge < -0.3 is 85.0 Å². The van der Waals surface area contributed by atoms with E-state index in [9.17, 15) is 61.3 Å². The highest BCUT2D eigenvalue weighted by Gasteiger charge is 2.71. The van der Waals surface area contributed by atoms with Crippen molar-refractivity contribution in [2.45, 2.75) is 204 Å². The second-order valence-corrected chi connectivity index (χ2v) is 23.4. The number of aliphatic hydroxyl groups is 12. The molecule has 6 aliphatic carbocycles. The number of aliphatic hydroxyl groups excluding tert-OH is 12. The first-order valence-electron chi connectivity index (χ1n) is 24.9. The summed E-state index contributed by atoms with van der Waals surface area (Å²) >= 11 is 0. The Balaban J connectivity index is 0.985. The van der Waals surface area contributed by atoms with Gasteiger partial charge in [-0.1, -0.05) is 53.2 Å². The fraction of sp³-hybridized carbons (Fsp3) is 0.939. The molecular formula is C49H80O18. The number of hydrogen-bond acceptors (Lipinski definition) is 18. The van der Waals surface area contributed by atoms with Gasteiger partial charge in [0.15, 0.2) is 6.29 Å². The van der Waals surface area contributed by atoms with E-state index in [2.05, 4.69) is 40.7 Å². The van der Waals surface area contributed by atoms with Gasteiger partial charge in [0.05, 0.1) is 49.1 Å². The Labute approximate surface area is 393 Å². The minimum absolute atomic E-state index is 0.00432. The highest BCUT2D eigenvalue weighted by Crippen LogP contribution is 2.76. The smallest absolute Gasteiger partial charge is 0.315 e. The van der Waals surface area contributed by atoms with Gasteiger partial charge in [0, 0.05) is 17.9 Å². The van der Waals surface area contributed by atoms with Gasteiger partial charge in [0.2, 0.25) is 6.29 Å². The highest BCUT2D eigenvalue weighted by atomic mass is 16.7. The van der Waals surface area contributed by atoms with Gasteiger partial charge in [0.25, 0.3) is 0 Å². The van der Waals surface area contributed by atoms with Gasteiger partial charge >= 0.3 is 5.97 Å². The average molecular weight is 957 g/mol. The van der Waals surface area contributed by atoms with Gasteiger partial charge in [-0.2, -0.15) is 0 Å². The van der Waals surface area contributed by atoms with Crippen molar-refractivity contribution in [1.29, 1.82) is 0 Å². The van der Waals surface area contributed by atoms with Crippen molar-refractivity contribution in [1.82, 2.24) is 0 Å². The van der Waals surface area contributed by atoms with Gasteiger partial charge in [-0.25, -0.2) is 0 Å². The molecule has 0 radical (unpaired) electrons. The summed E-state index contributed by atoms with van der Waals surface area (Å²) in [6.45, 7) is 13.4. The van der Waals surface area contributed by atoms with E-state index in [4.69, 9.17) is 23.7 Å². The molecule has 0 aromatic heterocycles.